The minimum absolute atomic E-state index is 0.186. The molecule has 0 bridgehead atoms. The number of hydrogen-bond donors (Lipinski definition) is 2. The first kappa shape index (κ1) is 32.1. The molecule has 2 amide bonds. The Morgan fingerprint density at radius 2 is 1.52 bits per heavy atom. The van der Waals surface area contributed by atoms with Gasteiger partial charge in [-0.05, 0) is 67.3 Å². The van der Waals surface area contributed by atoms with Gasteiger partial charge in [0.05, 0.1) is 18.7 Å². The van der Waals surface area contributed by atoms with Crippen molar-refractivity contribution in [2.24, 2.45) is 0 Å². The van der Waals surface area contributed by atoms with E-state index in [2.05, 4.69) is 5.32 Å². The molecule has 0 saturated heterocycles. The zero-order chi connectivity index (χ0) is 31.7. The second-order valence-corrected chi connectivity index (χ2v) is 11.6. The van der Waals surface area contributed by atoms with Crippen molar-refractivity contribution in [2.45, 2.75) is 52.3 Å². The molecular weight excluding hydrogens is 580 g/mol. The lowest BCUT2D eigenvalue weighted by Gasteiger charge is -2.25. The van der Waals surface area contributed by atoms with Gasteiger partial charge in [0.1, 0.15) is 11.4 Å². The third kappa shape index (κ3) is 9.61. The van der Waals surface area contributed by atoms with E-state index in [1.165, 1.54) is 4.90 Å². The maximum absolute atomic E-state index is 13.5. The summed E-state index contributed by atoms with van der Waals surface area (Å²) in [7, 11) is 0. The molecule has 0 spiro atoms. The smallest absolute Gasteiger partial charge is 0.407 e. The predicted molar refractivity (Wildman–Crippen MR) is 171 cm³/mol. The van der Waals surface area contributed by atoms with Crippen LogP contribution in [0.3, 0.4) is 0 Å². The highest BCUT2D eigenvalue weighted by atomic mass is 35.5. The average molecular weight is 615 g/mol. The van der Waals surface area contributed by atoms with Gasteiger partial charge in [0.2, 0.25) is 5.91 Å². The highest BCUT2D eigenvalue weighted by molar-refractivity contribution is 6.30. The van der Waals surface area contributed by atoms with Gasteiger partial charge in [-0.3, -0.25) is 9.59 Å². The molecule has 0 aromatic heterocycles. The molecule has 0 heterocycles. The molecule has 0 unspecified atom stereocenters. The topological polar surface area (TPSA) is 105 Å². The summed E-state index contributed by atoms with van der Waals surface area (Å²) < 4.78 is 11.6. The molecular formula is C35H35ClN2O6. The number of carbonyl (C=O) groups is 3. The van der Waals surface area contributed by atoms with Crippen molar-refractivity contribution in [3.05, 3.63) is 113 Å². The Balaban J connectivity index is 1.59. The second-order valence-electron chi connectivity index (χ2n) is 11.2. The van der Waals surface area contributed by atoms with E-state index < -0.39 is 17.7 Å². The number of aliphatic carboxylic acids is 1. The van der Waals surface area contributed by atoms with Crippen molar-refractivity contribution in [2.75, 3.05) is 4.90 Å². The van der Waals surface area contributed by atoms with Crippen LogP contribution in [-0.2, 0) is 27.4 Å². The molecule has 0 radical (unpaired) electrons. The van der Waals surface area contributed by atoms with Crippen molar-refractivity contribution in [1.29, 1.82) is 0 Å². The van der Waals surface area contributed by atoms with Gasteiger partial charge in [0.15, 0.2) is 5.75 Å². The summed E-state index contributed by atoms with van der Waals surface area (Å²) in [6, 6.07) is 29.9. The Labute approximate surface area is 262 Å². The van der Waals surface area contributed by atoms with E-state index in [4.69, 9.17) is 21.1 Å². The minimum atomic E-state index is -1.06. The molecule has 4 aromatic rings. The molecule has 0 fully saturated rings. The van der Waals surface area contributed by atoms with Gasteiger partial charge < -0.3 is 24.8 Å². The highest BCUT2D eigenvalue weighted by Crippen LogP contribution is 2.36. The number of anilines is 1. The van der Waals surface area contributed by atoms with Crippen molar-refractivity contribution in [1.82, 2.24) is 5.32 Å². The SMILES string of the molecule is CC(C)(C)OC(=O)NCc1cccc(Oc2cc(Cl)ccc2N(Cc2ccc(-c3ccccc3)cc2)C(=O)CCC(=O)O)c1. The van der Waals surface area contributed by atoms with E-state index in [-0.39, 0.29) is 31.8 Å². The summed E-state index contributed by atoms with van der Waals surface area (Å²) in [4.78, 5) is 38.4. The molecule has 8 nitrogen and oxygen atoms in total. The zero-order valence-electron chi connectivity index (χ0n) is 24.9. The molecule has 9 heteroatoms. The fraction of sp³-hybridized carbons (Fsp3) is 0.229. The number of nitrogens with one attached hydrogen (secondary N) is 1. The molecule has 0 saturated carbocycles. The summed E-state index contributed by atoms with van der Waals surface area (Å²) >= 11 is 6.35. The summed E-state index contributed by atoms with van der Waals surface area (Å²) in [5.74, 6) is -0.654. The van der Waals surface area contributed by atoms with Gasteiger partial charge >= 0.3 is 12.1 Å². The van der Waals surface area contributed by atoms with Crippen LogP contribution in [-0.4, -0.2) is 28.7 Å². The Bertz CT molecular complexity index is 1600. The molecule has 0 atom stereocenters. The van der Waals surface area contributed by atoms with Gasteiger partial charge in [-0.1, -0.05) is 78.3 Å². The van der Waals surface area contributed by atoms with Crippen LogP contribution in [0.1, 0.15) is 44.7 Å². The Morgan fingerprint density at radius 1 is 0.818 bits per heavy atom. The van der Waals surface area contributed by atoms with E-state index >= 15 is 0 Å². The number of ether oxygens (including phenoxy) is 2. The van der Waals surface area contributed by atoms with Gasteiger partial charge in [0, 0.05) is 24.1 Å². The van der Waals surface area contributed by atoms with Crippen LogP contribution < -0.4 is 15.0 Å². The molecule has 0 aliphatic rings. The van der Waals surface area contributed by atoms with Crippen molar-refractivity contribution in [3.63, 3.8) is 0 Å². The molecule has 44 heavy (non-hydrogen) atoms. The summed E-state index contributed by atoms with van der Waals surface area (Å²) in [6.07, 6.45) is -1.03. The molecule has 2 N–H and O–H groups in total. The van der Waals surface area contributed by atoms with E-state index in [1.54, 1.807) is 57.2 Å². The Kier molecular flexibility index (Phi) is 10.6. The number of carboxylic acid groups (broad SMARTS) is 1. The highest BCUT2D eigenvalue weighted by Gasteiger charge is 2.22. The van der Waals surface area contributed by atoms with Gasteiger partial charge in [-0.2, -0.15) is 0 Å². The molecule has 4 rings (SSSR count). The summed E-state index contributed by atoms with van der Waals surface area (Å²) in [6.45, 7) is 5.77. The zero-order valence-corrected chi connectivity index (χ0v) is 25.6. The predicted octanol–water partition coefficient (Wildman–Crippen LogP) is 8.22. The lowest BCUT2D eigenvalue weighted by molar-refractivity contribution is -0.138. The first-order valence-electron chi connectivity index (χ1n) is 14.2. The first-order chi connectivity index (χ1) is 21.0. The summed E-state index contributed by atoms with van der Waals surface area (Å²) in [5.41, 5.74) is 3.55. The number of benzene rings is 4. The number of carboxylic acids is 1. The Morgan fingerprint density at radius 3 is 2.20 bits per heavy atom. The Hall–Kier alpha value is -4.82. The number of halogens is 1. The fourth-order valence-corrected chi connectivity index (χ4v) is 4.56. The fourth-order valence-electron chi connectivity index (χ4n) is 4.40. The van der Waals surface area contributed by atoms with Gasteiger partial charge in [-0.15, -0.1) is 0 Å². The van der Waals surface area contributed by atoms with Crippen LogP contribution in [0.4, 0.5) is 10.5 Å². The van der Waals surface area contributed by atoms with E-state index in [9.17, 15) is 19.5 Å². The van der Waals surface area contributed by atoms with Crippen LogP contribution in [0.2, 0.25) is 5.02 Å². The largest absolute Gasteiger partial charge is 0.481 e. The number of carbonyl (C=O) groups excluding carboxylic acids is 2. The molecule has 0 aliphatic heterocycles. The number of rotatable bonds is 11. The maximum Gasteiger partial charge on any atom is 0.407 e. The lowest BCUT2D eigenvalue weighted by atomic mass is 10.0. The van der Waals surface area contributed by atoms with Gasteiger partial charge in [-0.25, -0.2) is 4.79 Å². The number of amides is 2. The first-order valence-corrected chi connectivity index (χ1v) is 14.5. The van der Waals surface area contributed by atoms with E-state index in [1.807, 2.05) is 60.7 Å². The van der Waals surface area contributed by atoms with Crippen LogP contribution in [0.25, 0.3) is 11.1 Å². The minimum Gasteiger partial charge on any atom is -0.481 e. The third-order valence-corrected chi connectivity index (χ3v) is 6.67. The van der Waals surface area contributed by atoms with Crippen LogP contribution in [0, 0.1) is 0 Å². The average Bonchev–Trinajstić information content (AvgIpc) is 2.98. The monoisotopic (exact) mass is 614 g/mol. The number of nitrogens with zero attached hydrogens (tertiary/aromatic N) is 1. The lowest BCUT2D eigenvalue weighted by Crippen LogP contribution is -2.32. The third-order valence-electron chi connectivity index (χ3n) is 6.43. The van der Waals surface area contributed by atoms with E-state index in [0.29, 0.717) is 22.2 Å². The molecule has 4 aromatic carbocycles. The quantitative estimate of drug-likeness (QED) is 0.176. The van der Waals surface area contributed by atoms with E-state index in [0.717, 1.165) is 22.3 Å². The number of alkyl carbamates (subject to hydrolysis) is 1. The maximum atomic E-state index is 13.5. The van der Waals surface area contributed by atoms with Crippen molar-refractivity contribution >= 4 is 35.3 Å². The van der Waals surface area contributed by atoms with Crippen LogP contribution >= 0.6 is 11.6 Å². The van der Waals surface area contributed by atoms with Crippen LogP contribution in [0.15, 0.2) is 97.1 Å². The standard InChI is InChI=1S/C35H35ClN2O6/c1-35(2,3)44-34(42)37-22-25-8-7-11-29(20-25)43-31-21-28(36)16-17-30(31)38(32(39)18-19-33(40)41)23-24-12-14-27(15-13-24)26-9-5-4-6-10-26/h4-17,20-21H,18-19,22-23H2,1-3H3,(H,37,42)(H,40,41). The van der Waals surface area contributed by atoms with Crippen LogP contribution in [0.5, 0.6) is 11.5 Å². The number of hydrogen-bond acceptors (Lipinski definition) is 5. The molecule has 228 valence electrons. The second kappa shape index (κ2) is 14.6. The van der Waals surface area contributed by atoms with Crippen molar-refractivity contribution in [3.8, 4) is 22.6 Å². The summed E-state index contributed by atoms with van der Waals surface area (Å²) in [5, 5.41) is 12.4. The molecule has 0 aliphatic carbocycles. The van der Waals surface area contributed by atoms with Crippen molar-refractivity contribution < 1.29 is 29.0 Å². The van der Waals surface area contributed by atoms with Gasteiger partial charge in [0.25, 0.3) is 0 Å². The normalized spacial score (nSPS) is 11.0.